The van der Waals surface area contributed by atoms with Gasteiger partial charge >= 0.3 is 0 Å². The molecule has 0 spiro atoms. The van der Waals surface area contributed by atoms with E-state index in [1.165, 1.54) is 19.3 Å². The van der Waals surface area contributed by atoms with E-state index in [1.54, 1.807) is 26.0 Å². The average Bonchev–Trinajstić information content (AvgIpc) is 3.14. The number of aromatic nitrogens is 2. The topological polar surface area (TPSA) is 87.1 Å². The average molecular weight is 446 g/mol. The Morgan fingerprint density at radius 2 is 1.87 bits per heavy atom. The number of rotatable bonds is 4. The minimum atomic E-state index is -0.291. The first kappa shape index (κ1) is 20.4. The van der Waals surface area contributed by atoms with E-state index in [2.05, 4.69) is 5.10 Å². The smallest absolute Gasteiger partial charge is 0.271 e. The van der Waals surface area contributed by atoms with Gasteiger partial charge in [-0.15, -0.1) is 0 Å². The second-order valence-electron chi connectivity index (χ2n) is 8.03. The summed E-state index contributed by atoms with van der Waals surface area (Å²) in [4.78, 5) is 18.0. The molecule has 1 saturated carbocycles. The van der Waals surface area contributed by atoms with Gasteiger partial charge < -0.3 is 18.9 Å². The lowest BCUT2D eigenvalue weighted by Crippen LogP contribution is -2.19. The van der Waals surface area contributed by atoms with Crippen LogP contribution < -0.4 is 24.5 Å². The summed E-state index contributed by atoms with van der Waals surface area (Å²) in [6.07, 6.45) is 5.72. The summed E-state index contributed by atoms with van der Waals surface area (Å²) in [7, 11) is 3.21. The standard InChI is InChI=1S/C22H27N3O5S/c1-12-23-21-16(22(26)24-25(21)13-7-5-4-6-8-13)20(31-12)14-11-15(27-2)18-19(17(14)28-3)30-10-9-29-18/h11,13,20H,4-10H2,1-3H3,(H,24,26)/t20-/m0/s1. The van der Waals surface area contributed by atoms with Crippen molar-refractivity contribution in [3.8, 4) is 23.0 Å². The molecule has 1 fully saturated rings. The second-order valence-corrected chi connectivity index (χ2v) is 9.32. The lowest BCUT2D eigenvalue weighted by Gasteiger charge is -2.28. The van der Waals surface area contributed by atoms with Gasteiger partial charge in [0.2, 0.25) is 11.5 Å². The van der Waals surface area contributed by atoms with Gasteiger partial charge in [-0.2, -0.15) is 0 Å². The monoisotopic (exact) mass is 445 g/mol. The highest BCUT2D eigenvalue weighted by Gasteiger charge is 2.37. The second kappa shape index (κ2) is 8.18. The maximum Gasteiger partial charge on any atom is 0.271 e. The van der Waals surface area contributed by atoms with Crippen LogP contribution in [-0.2, 0) is 0 Å². The molecule has 1 N–H and O–H groups in total. The summed E-state index contributed by atoms with van der Waals surface area (Å²) in [6, 6.07) is 2.17. The third-order valence-corrected chi connectivity index (χ3v) is 7.31. The van der Waals surface area contributed by atoms with Crippen molar-refractivity contribution < 1.29 is 18.9 Å². The third-order valence-electron chi connectivity index (χ3n) is 6.16. The summed E-state index contributed by atoms with van der Waals surface area (Å²) < 4.78 is 25.1. The van der Waals surface area contributed by atoms with E-state index in [4.69, 9.17) is 23.9 Å². The Kier molecular flexibility index (Phi) is 5.37. The predicted octanol–water partition coefficient (Wildman–Crippen LogP) is 4.36. The summed E-state index contributed by atoms with van der Waals surface area (Å²) >= 11 is 1.54. The fourth-order valence-electron chi connectivity index (χ4n) is 4.76. The van der Waals surface area contributed by atoms with Crippen molar-refractivity contribution in [3.63, 3.8) is 0 Å². The Morgan fingerprint density at radius 1 is 1.13 bits per heavy atom. The van der Waals surface area contributed by atoms with Gasteiger partial charge in [0.25, 0.3) is 5.56 Å². The van der Waals surface area contributed by atoms with E-state index in [0.717, 1.165) is 29.3 Å². The highest BCUT2D eigenvalue weighted by Crippen LogP contribution is 2.55. The third kappa shape index (κ3) is 3.39. The number of ether oxygens (including phenoxy) is 4. The molecular weight excluding hydrogens is 418 g/mol. The van der Waals surface area contributed by atoms with Crippen molar-refractivity contribution in [1.82, 2.24) is 9.78 Å². The molecule has 1 atom stereocenters. The van der Waals surface area contributed by atoms with Gasteiger partial charge in [0, 0.05) is 5.56 Å². The van der Waals surface area contributed by atoms with Crippen LogP contribution >= 0.6 is 11.8 Å². The van der Waals surface area contributed by atoms with Crippen molar-refractivity contribution in [2.24, 2.45) is 4.99 Å². The zero-order valence-electron chi connectivity index (χ0n) is 18.0. The quantitative estimate of drug-likeness (QED) is 0.753. The molecule has 0 radical (unpaired) electrons. The van der Waals surface area contributed by atoms with Crippen LogP contribution in [0.5, 0.6) is 23.0 Å². The van der Waals surface area contributed by atoms with Crippen LogP contribution in [0.2, 0.25) is 0 Å². The van der Waals surface area contributed by atoms with Crippen LogP contribution in [0.15, 0.2) is 15.9 Å². The van der Waals surface area contributed by atoms with Crippen molar-refractivity contribution in [2.45, 2.75) is 50.3 Å². The number of aliphatic imine (C=N–C) groups is 1. The molecule has 8 nitrogen and oxygen atoms in total. The highest BCUT2D eigenvalue weighted by atomic mass is 32.2. The maximum atomic E-state index is 13.2. The Morgan fingerprint density at radius 3 is 2.58 bits per heavy atom. The molecule has 1 aliphatic carbocycles. The number of fused-ring (bicyclic) bond motifs is 2. The van der Waals surface area contributed by atoms with Crippen molar-refractivity contribution >= 4 is 22.6 Å². The number of nitrogens with zero attached hydrogens (tertiary/aromatic N) is 2. The van der Waals surface area contributed by atoms with Crippen LogP contribution in [0.4, 0.5) is 5.82 Å². The SMILES string of the molecule is COc1cc([C@@H]2SC(C)=Nc3c2c(=O)[nH]n3C2CCCCC2)c(OC)c2c1OCCO2. The number of thioether (sulfide) groups is 1. The van der Waals surface area contributed by atoms with E-state index in [0.29, 0.717) is 41.8 Å². The summed E-state index contributed by atoms with van der Waals surface area (Å²) in [6.45, 7) is 2.85. The minimum Gasteiger partial charge on any atom is -0.493 e. The van der Waals surface area contributed by atoms with Crippen LogP contribution in [0.1, 0.15) is 61.4 Å². The van der Waals surface area contributed by atoms with Gasteiger partial charge in [-0.25, -0.2) is 4.99 Å². The molecule has 2 aliphatic heterocycles. The molecule has 1 aromatic carbocycles. The lowest BCUT2D eigenvalue weighted by atomic mass is 9.95. The number of H-pyrrole nitrogens is 1. The molecule has 3 aliphatic rings. The fourth-order valence-corrected chi connectivity index (χ4v) is 5.87. The Bertz CT molecular complexity index is 1080. The Labute approximate surface area is 184 Å². The van der Waals surface area contributed by atoms with E-state index >= 15 is 0 Å². The van der Waals surface area contributed by atoms with Crippen LogP contribution in [0, 0.1) is 0 Å². The van der Waals surface area contributed by atoms with Crippen LogP contribution in [-0.4, -0.2) is 42.3 Å². The number of aromatic amines is 1. The Balaban J connectivity index is 1.67. The van der Waals surface area contributed by atoms with E-state index in [9.17, 15) is 4.79 Å². The number of hydrogen-bond donors (Lipinski definition) is 1. The first-order valence-corrected chi connectivity index (χ1v) is 11.6. The molecule has 2 aromatic rings. The Hall–Kier alpha value is -2.55. The van der Waals surface area contributed by atoms with Crippen molar-refractivity contribution in [2.75, 3.05) is 27.4 Å². The van der Waals surface area contributed by atoms with E-state index in [-0.39, 0.29) is 16.9 Å². The van der Waals surface area contributed by atoms with Gasteiger partial charge in [-0.3, -0.25) is 14.6 Å². The first-order chi connectivity index (χ1) is 15.1. The molecule has 0 unspecified atom stereocenters. The minimum absolute atomic E-state index is 0.106. The molecule has 0 saturated heterocycles. The molecular formula is C22H27N3O5S. The molecule has 5 rings (SSSR count). The predicted molar refractivity (Wildman–Crippen MR) is 120 cm³/mol. The lowest BCUT2D eigenvalue weighted by molar-refractivity contribution is 0.158. The number of methoxy groups -OCH3 is 2. The molecule has 166 valence electrons. The highest BCUT2D eigenvalue weighted by molar-refractivity contribution is 8.14. The van der Waals surface area contributed by atoms with Gasteiger partial charge in [0.1, 0.15) is 13.2 Å². The first-order valence-electron chi connectivity index (χ1n) is 10.7. The van der Waals surface area contributed by atoms with E-state index < -0.39 is 0 Å². The molecule has 1 aromatic heterocycles. The van der Waals surface area contributed by atoms with Gasteiger partial charge in [0.15, 0.2) is 17.3 Å². The molecule has 0 bridgehead atoms. The van der Waals surface area contributed by atoms with Gasteiger partial charge in [0.05, 0.1) is 36.1 Å². The zero-order valence-corrected chi connectivity index (χ0v) is 18.8. The van der Waals surface area contributed by atoms with Gasteiger partial charge in [-0.1, -0.05) is 31.0 Å². The number of hydrogen-bond acceptors (Lipinski definition) is 7. The summed E-state index contributed by atoms with van der Waals surface area (Å²) in [5.41, 5.74) is 1.36. The zero-order chi connectivity index (χ0) is 21.5. The number of benzene rings is 1. The van der Waals surface area contributed by atoms with E-state index in [1.807, 2.05) is 17.7 Å². The van der Waals surface area contributed by atoms with Gasteiger partial charge in [-0.05, 0) is 25.8 Å². The fraction of sp³-hybridized carbons (Fsp3) is 0.545. The summed E-state index contributed by atoms with van der Waals surface area (Å²) in [5, 5.41) is 3.70. The number of nitrogens with one attached hydrogen (secondary N) is 1. The maximum absolute atomic E-state index is 13.2. The summed E-state index contributed by atoms with van der Waals surface area (Å²) in [5.74, 6) is 2.92. The molecule has 31 heavy (non-hydrogen) atoms. The molecule has 3 heterocycles. The van der Waals surface area contributed by atoms with Crippen LogP contribution in [0.3, 0.4) is 0 Å². The molecule has 9 heteroatoms. The van der Waals surface area contributed by atoms with Crippen molar-refractivity contribution in [1.29, 1.82) is 0 Å². The largest absolute Gasteiger partial charge is 0.493 e. The normalized spacial score (nSPS) is 20.7. The van der Waals surface area contributed by atoms with Crippen LogP contribution in [0.25, 0.3) is 0 Å². The van der Waals surface area contributed by atoms with Crippen molar-refractivity contribution in [3.05, 3.63) is 27.5 Å². The molecule has 0 amide bonds.